The van der Waals surface area contributed by atoms with Crippen molar-refractivity contribution in [3.05, 3.63) is 48.0 Å². The second kappa shape index (κ2) is 5.80. The maximum absolute atomic E-state index is 12.9. The third-order valence-electron chi connectivity index (χ3n) is 3.01. The van der Waals surface area contributed by atoms with Gasteiger partial charge in [0.2, 0.25) is 0 Å². The zero-order valence-corrected chi connectivity index (χ0v) is 12.1. The fraction of sp³-hybridized carbons (Fsp3) is 0.133. The van der Waals surface area contributed by atoms with Crippen LogP contribution in [-0.2, 0) is 0 Å². The van der Waals surface area contributed by atoms with Crippen LogP contribution in [0, 0.1) is 0 Å². The number of hydrogen-bond donors (Lipinski definition) is 1. The van der Waals surface area contributed by atoms with Gasteiger partial charge in [0.15, 0.2) is 11.5 Å². The average molecular weight is 361 g/mol. The minimum atomic E-state index is -4.82. The van der Waals surface area contributed by atoms with Crippen molar-refractivity contribution in [3.8, 4) is 17.2 Å². The van der Waals surface area contributed by atoms with E-state index < -0.39 is 24.3 Å². The van der Waals surface area contributed by atoms with E-state index in [1.54, 1.807) is 0 Å². The molecule has 2 aromatic rings. The molecule has 0 aliphatic carbocycles. The van der Waals surface area contributed by atoms with Crippen LogP contribution in [0.15, 0.2) is 42.5 Å². The van der Waals surface area contributed by atoms with Gasteiger partial charge in [-0.1, -0.05) is 0 Å². The molecule has 0 atom stereocenters. The van der Waals surface area contributed by atoms with Crippen LogP contribution in [0.1, 0.15) is 10.4 Å². The number of anilines is 1. The van der Waals surface area contributed by atoms with Crippen molar-refractivity contribution in [2.45, 2.75) is 12.7 Å². The van der Waals surface area contributed by atoms with E-state index in [2.05, 4.69) is 19.5 Å². The Bertz CT molecular complexity index is 805. The Morgan fingerprint density at radius 3 is 2.28 bits per heavy atom. The lowest BCUT2D eigenvalue weighted by atomic mass is 10.2. The maximum atomic E-state index is 12.9. The number of fused-ring (bicyclic) bond motifs is 1. The smallest absolute Gasteiger partial charge is 0.406 e. The number of amides is 1. The minimum absolute atomic E-state index is 0.00401. The summed E-state index contributed by atoms with van der Waals surface area (Å²) < 4.78 is 74.2. The van der Waals surface area contributed by atoms with Gasteiger partial charge in [0, 0.05) is 11.3 Å². The molecule has 1 aliphatic rings. The van der Waals surface area contributed by atoms with E-state index in [0.717, 1.165) is 24.3 Å². The Labute approximate surface area is 136 Å². The summed E-state index contributed by atoms with van der Waals surface area (Å²) in [5.41, 5.74) is 0.179. The Balaban J connectivity index is 1.69. The molecule has 1 aliphatic heterocycles. The van der Waals surface area contributed by atoms with Gasteiger partial charge in [-0.15, -0.1) is 22.0 Å². The lowest BCUT2D eigenvalue weighted by Crippen LogP contribution is -2.25. The number of ether oxygens (including phenoxy) is 3. The largest absolute Gasteiger partial charge is 0.586 e. The Morgan fingerprint density at radius 1 is 1.00 bits per heavy atom. The van der Waals surface area contributed by atoms with Crippen molar-refractivity contribution in [1.82, 2.24) is 0 Å². The van der Waals surface area contributed by atoms with Crippen molar-refractivity contribution in [1.29, 1.82) is 0 Å². The van der Waals surface area contributed by atoms with Crippen molar-refractivity contribution >= 4 is 11.6 Å². The number of carbonyl (C=O) groups excluding carboxylic acids is 1. The summed E-state index contributed by atoms with van der Waals surface area (Å²) in [5, 5.41) is 2.40. The summed E-state index contributed by atoms with van der Waals surface area (Å²) in [7, 11) is 0. The molecular formula is C15H8F5NO4. The highest BCUT2D eigenvalue weighted by Crippen LogP contribution is 2.41. The fourth-order valence-electron chi connectivity index (χ4n) is 2.03. The van der Waals surface area contributed by atoms with Crippen molar-refractivity contribution in [3.63, 3.8) is 0 Å². The number of nitrogens with one attached hydrogen (secondary N) is 1. The zero-order valence-electron chi connectivity index (χ0n) is 12.1. The SMILES string of the molecule is O=C(Nc1ccc(OC(F)(F)F)cc1)c1ccc2c(c1)OC(F)(F)O2. The zero-order chi connectivity index (χ0) is 18.2. The second-order valence-corrected chi connectivity index (χ2v) is 4.86. The van der Waals surface area contributed by atoms with Crippen LogP contribution < -0.4 is 19.5 Å². The molecule has 5 nitrogen and oxygen atoms in total. The Morgan fingerprint density at radius 2 is 1.64 bits per heavy atom. The predicted octanol–water partition coefficient (Wildman–Crippen LogP) is 4.16. The molecule has 0 aromatic heterocycles. The van der Waals surface area contributed by atoms with Crippen LogP contribution in [0.5, 0.6) is 17.2 Å². The molecule has 3 rings (SSSR count). The summed E-state index contributed by atoms with van der Waals surface area (Å²) in [6, 6.07) is 7.87. The summed E-state index contributed by atoms with van der Waals surface area (Å²) in [5.74, 6) is -1.64. The van der Waals surface area contributed by atoms with Gasteiger partial charge in [-0.3, -0.25) is 4.79 Å². The van der Waals surface area contributed by atoms with Gasteiger partial charge >= 0.3 is 12.7 Å². The summed E-state index contributed by atoms with van der Waals surface area (Å²) in [4.78, 5) is 12.1. The van der Waals surface area contributed by atoms with E-state index in [1.165, 1.54) is 18.2 Å². The van der Waals surface area contributed by atoms with E-state index in [4.69, 9.17) is 0 Å². The molecule has 0 radical (unpaired) electrons. The molecule has 1 amide bonds. The number of halogens is 5. The molecule has 0 saturated heterocycles. The normalized spacial score (nSPS) is 14.9. The second-order valence-electron chi connectivity index (χ2n) is 4.86. The van der Waals surface area contributed by atoms with Crippen molar-refractivity contribution < 1.29 is 41.0 Å². The number of alkyl halides is 5. The van der Waals surface area contributed by atoms with Crippen LogP contribution >= 0.6 is 0 Å². The molecule has 1 heterocycles. The van der Waals surface area contributed by atoms with Gasteiger partial charge < -0.3 is 19.5 Å². The first-order valence-electron chi connectivity index (χ1n) is 6.68. The Hall–Kier alpha value is -3.04. The molecule has 1 N–H and O–H groups in total. The van der Waals surface area contributed by atoms with E-state index in [1.807, 2.05) is 0 Å². The molecule has 10 heteroatoms. The summed E-state index contributed by atoms with van der Waals surface area (Å²) in [6.07, 6.45) is -8.62. The number of benzene rings is 2. The molecular weight excluding hydrogens is 353 g/mol. The molecule has 0 saturated carbocycles. The first-order valence-corrected chi connectivity index (χ1v) is 6.68. The molecule has 0 unspecified atom stereocenters. The van der Waals surface area contributed by atoms with E-state index in [0.29, 0.717) is 0 Å². The van der Waals surface area contributed by atoms with Crippen LogP contribution in [0.3, 0.4) is 0 Å². The number of hydrogen-bond acceptors (Lipinski definition) is 4. The summed E-state index contributed by atoms with van der Waals surface area (Å²) >= 11 is 0. The van der Waals surface area contributed by atoms with Gasteiger partial charge in [0.25, 0.3) is 5.91 Å². The lowest BCUT2D eigenvalue weighted by Gasteiger charge is -2.10. The highest BCUT2D eigenvalue weighted by molar-refractivity contribution is 6.04. The quantitative estimate of drug-likeness (QED) is 0.835. The van der Waals surface area contributed by atoms with Crippen LogP contribution in [-0.4, -0.2) is 18.6 Å². The van der Waals surface area contributed by atoms with Gasteiger partial charge in [0.05, 0.1) is 0 Å². The van der Waals surface area contributed by atoms with Crippen LogP contribution in [0.25, 0.3) is 0 Å². The first-order chi connectivity index (χ1) is 11.6. The first kappa shape index (κ1) is 16.8. The van der Waals surface area contributed by atoms with E-state index in [-0.39, 0.29) is 22.7 Å². The molecule has 25 heavy (non-hydrogen) atoms. The molecule has 0 bridgehead atoms. The number of carbonyl (C=O) groups is 1. The lowest BCUT2D eigenvalue weighted by molar-refractivity contribution is -0.286. The maximum Gasteiger partial charge on any atom is 0.586 e. The highest BCUT2D eigenvalue weighted by atomic mass is 19.4. The number of rotatable bonds is 3. The molecule has 132 valence electrons. The standard InChI is InChI=1S/C15H8F5NO4/c16-14(17,18)23-10-4-2-9(3-5-10)21-13(22)8-1-6-11-12(7-8)25-15(19,20)24-11/h1-7H,(H,21,22). The molecule has 0 spiro atoms. The molecule has 2 aromatic carbocycles. The third kappa shape index (κ3) is 4.08. The van der Waals surface area contributed by atoms with Gasteiger partial charge in [-0.2, -0.15) is 0 Å². The summed E-state index contributed by atoms with van der Waals surface area (Å²) in [6.45, 7) is 0. The third-order valence-corrected chi connectivity index (χ3v) is 3.01. The fourth-order valence-corrected chi connectivity index (χ4v) is 2.03. The highest BCUT2D eigenvalue weighted by Gasteiger charge is 2.43. The monoisotopic (exact) mass is 361 g/mol. The average Bonchev–Trinajstić information content (AvgIpc) is 2.80. The van der Waals surface area contributed by atoms with Gasteiger partial charge in [-0.05, 0) is 42.5 Å². The topological polar surface area (TPSA) is 56.8 Å². The molecule has 0 fully saturated rings. The van der Waals surface area contributed by atoms with Crippen LogP contribution in [0.2, 0.25) is 0 Å². The Kier molecular flexibility index (Phi) is 3.90. The van der Waals surface area contributed by atoms with Crippen molar-refractivity contribution in [2.24, 2.45) is 0 Å². The van der Waals surface area contributed by atoms with Gasteiger partial charge in [0.1, 0.15) is 5.75 Å². The van der Waals surface area contributed by atoms with Crippen LogP contribution in [0.4, 0.5) is 27.6 Å². The van der Waals surface area contributed by atoms with Crippen molar-refractivity contribution in [2.75, 3.05) is 5.32 Å². The van der Waals surface area contributed by atoms with Gasteiger partial charge in [-0.25, -0.2) is 0 Å². The minimum Gasteiger partial charge on any atom is -0.406 e. The van der Waals surface area contributed by atoms with E-state index >= 15 is 0 Å². The van der Waals surface area contributed by atoms with E-state index in [9.17, 15) is 26.7 Å². The predicted molar refractivity (Wildman–Crippen MR) is 73.7 cm³/mol.